The van der Waals surface area contributed by atoms with Crippen molar-refractivity contribution in [3.05, 3.63) is 35.9 Å². The first-order chi connectivity index (χ1) is 10.1. The molecule has 0 unspecified atom stereocenters. The van der Waals surface area contributed by atoms with Gasteiger partial charge in [-0.15, -0.1) is 0 Å². The smallest absolute Gasteiger partial charge is 0.315 e. The van der Waals surface area contributed by atoms with Gasteiger partial charge < -0.3 is 14.8 Å². The highest BCUT2D eigenvalue weighted by Gasteiger charge is 2.20. The predicted octanol–water partition coefficient (Wildman–Crippen LogP) is 1.36. The SMILES string of the molecule is CCOC(=O)C[C@@H](NC(=O)CC(=O)OC)c1ccccc1. The Kier molecular flexibility index (Phi) is 6.94. The van der Waals surface area contributed by atoms with Gasteiger partial charge in [-0.3, -0.25) is 14.4 Å². The van der Waals surface area contributed by atoms with E-state index in [-0.39, 0.29) is 19.4 Å². The molecule has 1 aromatic rings. The fourth-order valence-electron chi connectivity index (χ4n) is 1.77. The molecule has 1 atom stereocenters. The predicted molar refractivity (Wildman–Crippen MR) is 75.2 cm³/mol. The molecular formula is C15H19NO5. The number of carbonyl (C=O) groups is 3. The van der Waals surface area contributed by atoms with Gasteiger partial charge in [0.25, 0.3) is 0 Å². The lowest BCUT2D eigenvalue weighted by atomic mass is 10.0. The van der Waals surface area contributed by atoms with Gasteiger partial charge in [-0.2, -0.15) is 0 Å². The maximum atomic E-state index is 11.8. The van der Waals surface area contributed by atoms with Crippen molar-refractivity contribution in [2.24, 2.45) is 0 Å². The monoisotopic (exact) mass is 293 g/mol. The molecule has 21 heavy (non-hydrogen) atoms. The molecule has 6 nitrogen and oxygen atoms in total. The number of ether oxygens (including phenoxy) is 2. The van der Waals surface area contributed by atoms with Gasteiger partial charge in [0.1, 0.15) is 6.42 Å². The second-order valence-electron chi connectivity index (χ2n) is 4.29. The summed E-state index contributed by atoms with van der Waals surface area (Å²) in [5, 5.41) is 2.65. The molecule has 6 heteroatoms. The molecule has 0 saturated heterocycles. The van der Waals surface area contributed by atoms with E-state index in [1.165, 1.54) is 7.11 Å². The van der Waals surface area contributed by atoms with Crippen LogP contribution in [0.25, 0.3) is 0 Å². The first kappa shape index (κ1) is 16.7. The van der Waals surface area contributed by atoms with Crippen LogP contribution < -0.4 is 5.32 Å². The summed E-state index contributed by atoms with van der Waals surface area (Å²) in [4.78, 5) is 34.5. The summed E-state index contributed by atoms with van der Waals surface area (Å²) in [5.74, 6) is -1.54. The summed E-state index contributed by atoms with van der Waals surface area (Å²) in [5.41, 5.74) is 0.767. The summed E-state index contributed by atoms with van der Waals surface area (Å²) < 4.78 is 9.33. The second kappa shape index (κ2) is 8.73. The third-order valence-corrected chi connectivity index (χ3v) is 2.75. The van der Waals surface area contributed by atoms with Gasteiger partial charge in [-0.1, -0.05) is 30.3 Å². The van der Waals surface area contributed by atoms with Crippen molar-refractivity contribution in [2.45, 2.75) is 25.8 Å². The molecule has 0 aliphatic rings. The third-order valence-electron chi connectivity index (χ3n) is 2.75. The van der Waals surface area contributed by atoms with Gasteiger partial charge in [-0.25, -0.2) is 0 Å². The van der Waals surface area contributed by atoms with Crippen molar-refractivity contribution in [3.8, 4) is 0 Å². The molecule has 0 aliphatic carbocycles. The number of nitrogens with one attached hydrogen (secondary N) is 1. The molecule has 114 valence electrons. The maximum absolute atomic E-state index is 11.8. The number of carbonyl (C=O) groups excluding carboxylic acids is 3. The fraction of sp³-hybridized carbons (Fsp3) is 0.400. The van der Waals surface area contributed by atoms with Crippen molar-refractivity contribution in [1.29, 1.82) is 0 Å². The minimum Gasteiger partial charge on any atom is -0.469 e. The van der Waals surface area contributed by atoms with Crippen LogP contribution in [0.2, 0.25) is 0 Å². The highest BCUT2D eigenvalue weighted by Crippen LogP contribution is 2.17. The van der Waals surface area contributed by atoms with E-state index in [4.69, 9.17) is 4.74 Å². The highest BCUT2D eigenvalue weighted by molar-refractivity contribution is 5.94. The number of hydrogen-bond donors (Lipinski definition) is 1. The van der Waals surface area contributed by atoms with Crippen LogP contribution in [0, 0.1) is 0 Å². The Labute approximate surface area is 123 Å². The van der Waals surface area contributed by atoms with E-state index in [0.717, 1.165) is 5.56 Å². The molecule has 0 aromatic heterocycles. The van der Waals surface area contributed by atoms with Crippen LogP contribution >= 0.6 is 0 Å². The number of benzene rings is 1. The van der Waals surface area contributed by atoms with E-state index >= 15 is 0 Å². The molecule has 0 fully saturated rings. The largest absolute Gasteiger partial charge is 0.469 e. The normalized spacial score (nSPS) is 11.3. The third kappa shape index (κ3) is 6.07. The topological polar surface area (TPSA) is 81.7 Å². The average Bonchev–Trinajstić information content (AvgIpc) is 2.47. The van der Waals surface area contributed by atoms with Gasteiger partial charge in [0, 0.05) is 0 Å². The van der Waals surface area contributed by atoms with E-state index in [1.54, 1.807) is 31.2 Å². The first-order valence-corrected chi connectivity index (χ1v) is 6.63. The fourth-order valence-corrected chi connectivity index (χ4v) is 1.77. The summed E-state index contributed by atoms with van der Waals surface area (Å²) in [6, 6.07) is 8.49. The maximum Gasteiger partial charge on any atom is 0.315 e. The molecular weight excluding hydrogens is 274 g/mol. The van der Waals surface area contributed by atoms with E-state index in [2.05, 4.69) is 10.1 Å². The van der Waals surface area contributed by atoms with Gasteiger partial charge in [0.15, 0.2) is 0 Å². The van der Waals surface area contributed by atoms with Crippen LogP contribution in [0.3, 0.4) is 0 Å². The van der Waals surface area contributed by atoms with Crippen LogP contribution in [0.4, 0.5) is 0 Å². The van der Waals surface area contributed by atoms with Crippen LogP contribution in [0.15, 0.2) is 30.3 Å². The molecule has 0 aliphatic heterocycles. The summed E-state index contributed by atoms with van der Waals surface area (Å²) in [6.45, 7) is 1.99. The van der Waals surface area contributed by atoms with Crippen molar-refractivity contribution in [1.82, 2.24) is 5.32 Å². The lowest BCUT2D eigenvalue weighted by Crippen LogP contribution is -2.32. The van der Waals surface area contributed by atoms with Gasteiger partial charge >= 0.3 is 11.9 Å². The average molecular weight is 293 g/mol. The number of rotatable bonds is 7. The van der Waals surface area contributed by atoms with Crippen LogP contribution in [0.5, 0.6) is 0 Å². The molecule has 1 amide bonds. The van der Waals surface area contributed by atoms with Gasteiger partial charge in [0.2, 0.25) is 5.91 Å². The van der Waals surface area contributed by atoms with E-state index in [1.807, 2.05) is 6.07 Å². The Balaban J connectivity index is 2.75. The molecule has 1 aromatic carbocycles. The Morgan fingerprint density at radius 2 is 1.81 bits per heavy atom. The number of esters is 2. The molecule has 0 spiro atoms. The second-order valence-corrected chi connectivity index (χ2v) is 4.29. The molecule has 0 saturated carbocycles. The number of hydrogen-bond acceptors (Lipinski definition) is 5. The Morgan fingerprint density at radius 1 is 1.14 bits per heavy atom. The zero-order valence-corrected chi connectivity index (χ0v) is 12.1. The van der Waals surface area contributed by atoms with E-state index in [9.17, 15) is 14.4 Å². The minimum absolute atomic E-state index is 0.00473. The molecule has 0 bridgehead atoms. The Hall–Kier alpha value is -2.37. The Morgan fingerprint density at radius 3 is 2.38 bits per heavy atom. The standard InChI is InChI=1S/C15H19NO5/c1-3-21-15(19)9-12(11-7-5-4-6-8-11)16-13(17)10-14(18)20-2/h4-8,12H,3,9-10H2,1-2H3,(H,16,17)/t12-/m1/s1. The summed E-state index contributed by atoms with van der Waals surface area (Å²) >= 11 is 0. The van der Waals surface area contributed by atoms with Crippen LogP contribution in [0.1, 0.15) is 31.4 Å². The minimum atomic E-state index is -0.629. The number of amides is 1. The lowest BCUT2D eigenvalue weighted by Gasteiger charge is -2.18. The van der Waals surface area contributed by atoms with Crippen molar-refractivity contribution in [3.63, 3.8) is 0 Å². The highest BCUT2D eigenvalue weighted by atomic mass is 16.5. The van der Waals surface area contributed by atoms with Crippen molar-refractivity contribution >= 4 is 17.8 Å². The van der Waals surface area contributed by atoms with Gasteiger partial charge in [-0.05, 0) is 12.5 Å². The van der Waals surface area contributed by atoms with E-state index < -0.39 is 23.9 Å². The molecule has 0 radical (unpaired) electrons. The van der Waals surface area contributed by atoms with Gasteiger partial charge in [0.05, 0.1) is 26.2 Å². The zero-order valence-electron chi connectivity index (χ0n) is 12.1. The zero-order chi connectivity index (χ0) is 15.7. The first-order valence-electron chi connectivity index (χ1n) is 6.63. The molecule has 1 N–H and O–H groups in total. The van der Waals surface area contributed by atoms with Crippen molar-refractivity contribution in [2.75, 3.05) is 13.7 Å². The lowest BCUT2D eigenvalue weighted by molar-refractivity contribution is -0.144. The number of methoxy groups -OCH3 is 1. The Bertz CT molecular complexity index is 486. The summed E-state index contributed by atoms with van der Waals surface area (Å²) in [6.07, 6.45) is -0.382. The van der Waals surface area contributed by atoms with Crippen LogP contribution in [-0.2, 0) is 23.9 Å². The van der Waals surface area contributed by atoms with Crippen molar-refractivity contribution < 1.29 is 23.9 Å². The molecule has 0 heterocycles. The van der Waals surface area contributed by atoms with Crippen LogP contribution in [-0.4, -0.2) is 31.6 Å². The van der Waals surface area contributed by atoms with E-state index in [0.29, 0.717) is 0 Å². The quantitative estimate of drug-likeness (QED) is 0.606. The molecule has 1 rings (SSSR count). The summed E-state index contributed by atoms with van der Waals surface area (Å²) in [7, 11) is 1.21.